The molecule has 0 heterocycles. The van der Waals surface area contributed by atoms with Gasteiger partial charge in [0.2, 0.25) is 0 Å². The van der Waals surface area contributed by atoms with E-state index in [1.54, 1.807) is 0 Å². The van der Waals surface area contributed by atoms with Crippen molar-refractivity contribution in [2.45, 2.75) is 112 Å². The summed E-state index contributed by atoms with van der Waals surface area (Å²) in [6, 6.07) is 0. The number of rotatable bonds is 2. The molecule has 5 heteroatoms. The van der Waals surface area contributed by atoms with Crippen LogP contribution in [0.25, 0.3) is 0 Å². The fraction of sp³-hybridized carbons (Fsp3) is 0.900. The van der Waals surface area contributed by atoms with Crippen LogP contribution in [0.3, 0.4) is 0 Å². The zero-order chi connectivity index (χ0) is 25.8. The van der Waals surface area contributed by atoms with Crippen LogP contribution in [0.15, 0.2) is 11.6 Å². The maximum atomic E-state index is 12.8. The maximum Gasteiger partial charge on any atom is 0.312 e. The van der Waals surface area contributed by atoms with E-state index in [0.29, 0.717) is 25.2 Å². The molecular formula is C30H48O5. The summed E-state index contributed by atoms with van der Waals surface area (Å²) >= 11 is 0. The number of aliphatic hydroxyl groups is 3. The van der Waals surface area contributed by atoms with Crippen LogP contribution in [0.1, 0.15) is 99.3 Å². The monoisotopic (exact) mass is 488 g/mol. The van der Waals surface area contributed by atoms with Crippen molar-refractivity contribution in [1.82, 2.24) is 0 Å². The second-order valence-corrected chi connectivity index (χ2v) is 15.0. The number of aliphatic hydroxyl groups excluding tert-OH is 3. The Balaban J connectivity index is 1.63. The normalized spacial score (nSPS) is 55.0. The summed E-state index contributed by atoms with van der Waals surface area (Å²) in [5.41, 5.74) is -0.522. The Kier molecular flexibility index (Phi) is 5.56. The standard InChI is InChI=1S/C30H48O5/c1-25(2)13-14-30(24(34)35)19(15-25)18-7-8-21-26(3)11-10-22(32)27(4,17-31)20(26)9-12-28(21,5)29(18,6)16-23(30)33/h7,19-23,31-33H,8-17H2,1-6H3,(H,34,35)/t19?,20-,21?,22+,23-,26+,27+,28-,29-,30-/m1/s1. The lowest BCUT2D eigenvalue weighted by Gasteiger charge is -2.71. The molecule has 0 aromatic rings. The van der Waals surface area contributed by atoms with Gasteiger partial charge in [0.15, 0.2) is 0 Å². The molecule has 198 valence electrons. The van der Waals surface area contributed by atoms with E-state index >= 15 is 0 Å². The van der Waals surface area contributed by atoms with Crippen molar-refractivity contribution in [3.8, 4) is 0 Å². The van der Waals surface area contributed by atoms with Crippen LogP contribution in [-0.2, 0) is 4.79 Å². The molecule has 0 bridgehead atoms. The number of carboxylic acids is 1. The van der Waals surface area contributed by atoms with Gasteiger partial charge in [0.25, 0.3) is 0 Å². The van der Waals surface area contributed by atoms with Crippen molar-refractivity contribution in [3.05, 3.63) is 11.6 Å². The van der Waals surface area contributed by atoms with Crippen molar-refractivity contribution >= 4 is 5.97 Å². The Labute approximate surface area is 211 Å². The second kappa shape index (κ2) is 7.57. The second-order valence-electron chi connectivity index (χ2n) is 15.0. The third-order valence-electron chi connectivity index (χ3n) is 13.2. The predicted octanol–water partition coefficient (Wildman–Crippen LogP) is 5.18. The zero-order valence-corrected chi connectivity index (χ0v) is 22.7. The molecule has 2 unspecified atom stereocenters. The largest absolute Gasteiger partial charge is 0.481 e. The molecule has 4 fully saturated rings. The highest BCUT2D eigenvalue weighted by molar-refractivity contribution is 5.77. The van der Waals surface area contributed by atoms with Gasteiger partial charge in [-0.3, -0.25) is 4.79 Å². The van der Waals surface area contributed by atoms with Crippen LogP contribution in [0.4, 0.5) is 0 Å². The molecule has 10 atom stereocenters. The molecule has 5 nitrogen and oxygen atoms in total. The smallest absolute Gasteiger partial charge is 0.312 e. The molecule has 0 aliphatic heterocycles. The summed E-state index contributed by atoms with van der Waals surface area (Å²) in [5, 5.41) is 43.5. The third-order valence-corrected chi connectivity index (χ3v) is 13.2. The van der Waals surface area contributed by atoms with E-state index in [1.165, 1.54) is 5.57 Å². The summed E-state index contributed by atoms with van der Waals surface area (Å²) in [4.78, 5) is 12.8. The number of fused-ring (bicyclic) bond motifs is 7. The van der Waals surface area contributed by atoms with Crippen LogP contribution in [0, 0.1) is 50.2 Å². The van der Waals surface area contributed by atoms with E-state index < -0.39 is 29.0 Å². The SMILES string of the molecule is CC1(C)CC[C@@]2(C(=O)O)C(C1)C1=CCC3[C@@]4(C)CC[C@H](O)[C@@](C)(CO)[C@@H]4CC[C@@]3(C)[C@]1(C)C[C@H]2O. The number of hydrogen-bond donors (Lipinski definition) is 4. The first-order valence-corrected chi connectivity index (χ1v) is 14.0. The van der Waals surface area contributed by atoms with Gasteiger partial charge in [-0.1, -0.05) is 53.2 Å². The molecule has 0 spiro atoms. The minimum absolute atomic E-state index is 0.00707. The highest BCUT2D eigenvalue weighted by Gasteiger charge is 2.71. The molecule has 4 saturated carbocycles. The Morgan fingerprint density at radius 1 is 0.914 bits per heavy atom. The Morgan fingerprint density at radius 3 is 2.23 bits per heavy atom. The van der Waals surface area contributed by atoms with Gasteiger partial charge in [-0.25, -0.2) is 0 Å². The van der Waals surface area contributed by atoms with E-state index in [9.17, 15) is 25.2 Å². The first-order valence-electron chi connectivity index (χ1n) is 14.0. The quantitative estimate of drug-likeness (QED) is 0.402. The molecule has 0 aromatic heterocycles. The maximum absolute atomic E-state index is 12.8. The average molecular weight is 489 g/mol. The van der Waals surface area contributed by atoms with Crippen molar-refractivity contribution in [1.29, 1.82) is 0 Å². The van der Waals surface area contributed by atoms with E-state index in [-0.39, 0.29) is 40.1 Å². The summed E-state index contributed by atoms with van der Waals surface area (Å²) in [6.07, 6.45) is 8.30. The van der Waals surface area contributed by atoms with E-state index in [4.69, 9.17) is 0 Å². The number of hydrogen-bond acceptors (Lipinski definition) is 4. The lowest BCUT2D eigenvalue weighted by Crippen LogP contribution is -2.68. The van der Waals surface area contributed by atoms with Crippen LogP contribution in [-0.4, -0.2) is 45.2 Å². The molecule has 0 amide bonds. The number of carbonyl (C=O) groups is 1. The molecule has 5 aliphatic rings. The highest BCUT2D eigenvalue weighted by Crippen LogP contribution is 2.75. The lowest BCUT2D eigenvalue weighted by atomic mass is 9.33. The Morgan fingerprint density at radius 2 is 1.60 bits per heavy atom. The minimum atomic E-state index is -1.07. The molecule has 5 aliphatic carbocycles. The van der Waals surface area contributed by atoms with Crippen LogP contribution >= 0.6 is 0 Å². The van der Waals surface area contributed by atoms with Crippen LogP contribution < -0.4 is 0 Å². The first kappa shape index (κ1) is 25.7. The van der Waals surface area contributed by atoms with Crippen molar-refractivity contribution in [2.75, 3.05) is 6.61 Å². The zero-order valence-electron chi connectivity index (χ0n) is 22.7. The molecule has 5 rings (SSSR count). The molecule has 4 N–H and O–H groups in total. The first-order chi connectivity index (χ1) is 16.1. The van der Waals surface area contributed by atoms with Gasteiger partial charge in [-0.2, -0.15) is 0 Å². The van der Waals surface area contributed by atoms with Crippen LogP contribution in [0.5, 0.6) is 0 Å². The van der Waals surface area contributed by atoms with Gasteiger partial charge in [-0.05, 0) is 97.2 Å². The fourth-order valence-corrected chi connectivity index (χ4v) is 10.8. The van der Waals surface area contributed by atoms with Crippen LogP contribution in [0.2, 0.25) is 0 Å². The van der Waals surface area contributed by atoms with Gasteiger partial charge in [-0.15, -0.1) is 0 Å². The Bertz CT molecular complexity index is 941. The number of allylic oxidation sites excluding steroid dienone is 2. The lowest BCUT2D eigenvalue weighted by molar-refractivity contribution is -0.226. The number of carboxylic acid groups (broad SMARTS) is 1. The highest BCUT2D eigenvalue weighted by atomic mass is 16.4. The van der Waals surface area contributed by atoms with Crippen molar-refractivity contribution < 1.29 is 25.2 Å². The van der Waals surface area contributed by atoms with Crippen molar-refractivity contribution in [2.24, 2.45) is 50.2 Å². The molecule has 35 heavy (non-hydrogen) atoms. The van der Waals surface area contributed by atoms with Crippen molar-refractivity contribution in [3.63, 3.8) is 0 Å². The Hall–Kier alpha value is -0.910. The summed E-state index contributed by atoms with van der Waals surface area (Å²) in [5.74, 6) is -0.323. The predicted molar refractivity (Wildman–Crippen MR) is 135 cm³/mol. The summed E-state index contributed by atoms with van der Waals surface area (Å²) in [7, 11) is 0. The fourth-order valence-electron chi connectivity index (χ4n) is 10.8. The van der Waals surface area contributed by atoms with Gasteiger partial charge in [0.1, 0.15) is 5.41 Å². The van der Waals surface area contributed by atoms with Gasteiger partial charge in [0.05, 0.1) is 18.8 Å². The third kappa shape index (κ3) is 3.01. The van der Waals surface area contributed by atoms with Gasteiger partial charge < -0.3 is 20.4 Å². The molecule has 0 saturated heterocycles. The van der Waals surface area contributed by atoms with Gasteiger partial charge >= 0.3 is 5.97 Å². The molecule has 0 aromatic carbocycles. The topological polar surface area (TPSA) is 98.0 Å². The number of aliphatic carboxylic acids is 1. The van der Waals surface area contributed by atoms with E-state index in [0.717, 1.165) is 38.5 Å². The van der Waals surface area contributed by atoms with Gasteiger partial charge in [0, 0.05) is 5.41 Å². The van der Waals surface area contributed by atoms with E-state index in [1.807, 2.05) is 0 Å². The minimum Gasteiger partial charge on any atom is -0.481 e. The summed E-state index contributed by atoms with van der Waals surface area (Å²) < 4.78 is 0. The average Bonchev–Trinajstić information content (AvgIpc) is 2.76. The summed E-state index contributed by atoms with van der Waals surface area (Å²) in [6.45, 7) is 13.7. The molecular weight excluding hydrogens is 440 g/mol. The van der Waals surface area contributed by atoms with E-state index in [2.05, 4.69) is 47.6 Å². The molecule has 0 radical (unpaired) electrons.